The average molecular weight is 363 g/mol. The molecule has 0 spiro atoms. The van der Waals surface area contributed by atoms with Crippen molar-refractivity contribution in [1.82, 2.24) is 9.97 Å². The van der Waals surface area contributed by atoms with E-state index in [1.54, 1.807) is 0 Å². The number of amides is 1. The number of aryl methyl sites for hydroxylation is 1. The summed E-state index contributed by atoms with van der Waals surface area (Å²) < 4.78 is 0. The van der Waals surface area contributed by atoms with E-state index in [9.17, 15) is 4.79 Å². The first-order valence-corrected chi connectivity index (χ1v) is 9.74. The topological polar surface area (TPSA) is 62.2 Å². The molecular formula is C22H27N4O+. The number of piperidine rings is 1. The van der Waals surface area contributed by atoms with Crippen LogP contribution in [0.5, 0.6) is 0 Å². The summed E-state index contributed by atoms with van der Waals surface area (Å²) >= 11 is 0. The lowest BCUT2D eigenvalue weighted by Crippen LogP contribution is -3.14. The summed E-state index contributed by atoms with van der Waals surface area (Å²) in [5.41, 5.74) is 5.37. The van der Waals surface area contributed by atoms with Crippen molar-refractivity contribution in [3.8, 4) is 0 Å². The first-order valence-electron chi connectivity index (χ1n) is 9.74. The van der Waals surface area contributed by atoms with Crippen LogP contribution in [0.25, 0.3) is 11.0 Å². The number of nitrogens with one attached hydrogen (secondary N) is 3. The fourth-order valence-corrected chi connectivity index (χ4v) is 4.02. The second-order valence-electron chi connectivity index (χ2n) is 7.65. The summed E-state index contributed by atoms with van der Waals surface area (Å²) in [6.45, 7) is 6.61. The fraction of sp³-hybridized carbons (Fsp3) is 0.364. The Hall–Kier alpha value is -2.66. The number of hydrogen-bond acceptors (Lipinski definition) is 2. The van der Waals surface area contributed by atoms with Gasteiger partial charge in [-0.05, 0) is 56.0 Å². The van der Waals surface area contributed by atoms with E-state index in [2.05, 4.69) is 36.3 Å². The van der Waals surface area contributed by atoms with Gasteiger partial charge in [0.15, 0.2) is 6.54 Å². The molecule has 27 heavy (non-hydrogen) atoms. The molecule has 5 nitrogen and oxygen atoms in total. The van der Waals surface area contributed by atoms with Crippen molar-refractivity contribution in [1.29, 1.82) is 0 Å². The maximum Gasteiger partial charge on any atom is 0.279 e. The van der Waals surface area contributed by atoms with Crippen LogP contribution in [-0.4, -0.2) is 35.5 Å². The molecule has 5 heteroatoms. The van der Waals surface area contributed by atoms with Crippen molar-refractivity contribution in [3.63, 3.8) is 0 Å². The number of likely N-dealkylation sites (tertiary alicyclic amines) is 1. The monoisotopic (exact) mass is 363 g/mol. The van der Waals surface area contributed by atoms with Gasteiger partial charge in [-0.1, -0.05) is 24.3 Å². The van der Waals surface area contributed by atoms with Crippen LogP contribution in [0.2, 0.25) is 0 Å². The number of aromatic nitrogens is 2. The number of benzene rings is 2. The van der Waals surface area contributed by atoms with Gasteiger partial charge in [0.1, 0.15) is 5.82 Å². The standard InChI is InChI=1S/C22H26N4O/c1-15-7-5-11-18(16(15)2)23-21(27)14-26-12-6-8-17(13-26)22-24-19-9-3-4-10-20(19)25-22/h3-5,7,9-11,17H,6,8,12-14H2,1-2H3,(H,23,27)(H,24,25)/p+1/t17-/m1/s1. The molecule has 4 rings (SSSR count). The van der Waals surface area contributed by atoms with Crippen LogP contribution in [0.4, 0.5) is 5.69 Å². The molecule has 3 aromatic rings. The molecule has 1 aromatic heterocycles. The summed E-state index contributed by atoms with van der Waals surface area (Å²) in [7, 11) is 0. The molecule has 2 aromatic carbocycles. The van der Waals surface area contributed by atoms with Gasteiger partial charge in [-0.2, -0.15) is 0 Å². The van der Waals surface area contributed by atoms with Crippen LogP contribution in [0.15, 0.2) is 42.5 Å². The van der Waals surface area contributed by atoms with Gasteiger partial charge in [-0.25, -0.2) is 4.98 Å². The van der Waals surface area contributed by atoms with Crippen molar-refractivity contribution in [2.24, 2.45) is 0 Å². The third-order valence-electron chi connectivity index (χ3n) is 5.70. The lowest BCUT2D eigenvalue weighted by molar-refractivity contribution is -0.898. The number of carbonyl (C=O) groups excluding carboxylic acids is 1. The Morgan fingerprint density at radius 2 is 2.07 bits per heavy atom. The van der Waals surface area contributed by atoms with Crippen LogP contribution in [0, 0.1) is 13.8 Å². The lowest BCUT2D eigenvalue weighted by Gasteiger charge is -2.28. The molecule has 1 amide bonds. The van der Waals surface area contributed by atoms with Gasteiger partial charge in [-0.3, -0.25) is 4.79 Å². The van der Waals surface area contributed by atoms with Crippen LogP contribution in [0.3, 0.4) is 0 Å². The van der Waals surface area contributed by atoms with E-state index in [1.807, 2.05) is 30.3 Å². The van der Waals surface area contributed by atoms with E-state index in [4.69, 9.17) is 4.98 Å². The average Bonchev–Trinajstić information content (AvgIpc) is 3.10. The van der Waals surface area contributed by atoms with Gasteiger partial charge in [-0.15, -0.1) is 0 Å². The van der Waals surface area contributed by atoms with Crippen LogP contribution >= 0.6 is 0 Å². The normalized spacial score (nSPS) is 19.9. The number of aromatic amines is 1. The highest BCUT2D eigenvalue weighted by Crippen LogP contribution is 2.22. The Balaban J connectivity index is 1.40. The van der Waals surface area contributed by atoms with Crippen molar-refractivity contribution in [2.75, 3.05) is 25.0 Å². The smallest absolute Gasteiger partial charge is 0.279 e. The largest absolute Gasteiger partial charge is 0.342 e. The molecule has 3 N–H and O–H groups in total. The van der Waals surface area contributed by atoms with Crippen LogP contribution in [-0.2, 0) is 4.79 Å². The maximum absolute atomic E-state index is 12.6. The number of H-pyrrole nitrogens is 1. The minimum Gasteiger partial charge on any atom is -0.342 e. The third-order valence-corrected chi connectivity index (χ3v) is 5.70. The van der Waals surface area contributed by atoms with Crippen molar-refractivity contribution in [2.45, 2.75) is 32.6 Å². The highest BCUT2D eigenvalue weighted by molar-refractivity contribution is 5.92. The molecule has 140 valence electrons. The first-order chi connectivity index (χ1) is 13.1. The minimum absolute atomic E-state index is 0.0870. The second kappa shape index (κ2) is 7.53. The van der Waals surface area contributed by atoms with E-state index in [0.717, 1.165) is 54.0 Å². The van der Waals surface area contributed by atoms with Gasteiger partial charge in [0.25, 0.3) is 5.91 Å². The number of imidazole rings is 1. The highest BCUT2D eigenvalue weighted by atomic mass is 16.2. The van der Waals surface area contributed by atoms with E-state index >= 15 is 0 Å². The van der Waals surface area contributed by atoms with E-state index < -0.39 is 0 Å². The zero-order valence-electron chi connectivity index (χ0n) is 16.0. The number of quaternary nitrogens is 1. The number of nitrogens with zero attached hydrogens (tertiary/aromatic N) is 1. The number of fused-ring (bicyclic) bond motifs is 1. The number of para-hydroxylation sites is 2. The molecular weight excluding hydrogens is 336 g/mol. The van der Waals surface area contributed by atoms with Crippen LogP contribution in [0.1, 0.15) is 35.7 Å². The molecule has 1 unspecified atom stereocenters. The third kappa shape index (κ3) is 3.88. The minimum atomic E-state index is 0.0870. The van der Waals surface area contributed by atoms with Gasteiger partial charge >= 0.3 is 0 Å². The van der Waals surface area contributed by atoms with Gasteiger partial charge < -0.3 is 15.2 Å². The molecule has 0 aliphatic carbocycles. The predicted molar refractivity (Wildman–Crippen MR) is 108 cm³/mol. The molecule has 0 bridgehead atoms. The first kappa shape index (κ1) is 17.7. The summed E-state index contributed by atoms with van der Waals surface area (Å²) in [6, 6.07) is 14.2. The van der Waals surface area contributed by atoms with Crippen LogP contribution < -0.4 is 10.2 Å². The Morgan fingerprint density at radius 3 is 2.93 bits per heavy atom. The maximum atomic E-state index is 12.6. The molecule has 1 aliphatic heterocycles. The molecule has 1 fully saturated rings. The number of anilines is 1. The summed E-state index contributed by atoms with van der Waals surface area (Å²) in [5.74, 6) is 1.53. The molecule has 1 saturated heterocycles. The fourth-order valence-electron chi connectivity index (χ4n) is 4.02. The highest BCUT2D eigenvalue weighted by Gasteiger charge is 2.28. The van der Waals surface area contributed by atoms with Gasteiger partial charge in [0, 0.05) is 5.69 Å². The van der Waals surface area contributed by atoms with E-state index in [0.29, 0.717) is 12.5 Å². The van der Waals surface area contributed by atoms with E-state index in [-0.39, 0.29) is 5.91 Å². The van der Waals surface area contributed by atoms with Gasteiger partial charge in [0.2, 0.25) is 0 Å². The summed E-state index contributed by atoms with van der Waals surface area (Å²) in [4.78, 5) is 22.1. The summed E-state index contributed by atoms with van der Waals surface area (Å²) in [5, 5.41) is 3.09. The lowest BCUT2D eigenvalue weighted by atomic mass is 9.97. The van der Waals surface area contributed by atoms with Crippen molar-refractivity contribution in [3.05, 3.63) is 59.4 Å². The van der Waals surface area contributed by atoms with Gasteiger partial charge in [0.05, 0.1) is 30.0 Å². The second-order valence-corrected chi connectivity index (χ2v) is 7.65. The van der Waals surface area contributed by atoms with E-state index in [1.165, 1.54) is 10.5 Å². The van der Waals surface area contributed by atoms with Crippen molar-refractivity contribution >= 4 is 22.6 Å². The molecule has 2 atom stereocenters. The Labute approximate surface area is 159 Å². The Bertz CT molecular complexity index is 929. The summed E-state index contributed by atoms with van der Waals surface area (Å²) in [6.07, 6.45) is 2.25. The molecule has 1 aliphatic rings. The SMILES string of the molecule is Cc1cccc(NC(=O)C[NH+]2CCC[C@@H](c3nc4ccccc4[nH]3)C2)c1C. The quantitative estimate of drug-likeness (QED) is 0.667. The predicted octanol–water partition coefficient (Wildman–Crippen LogP) is 2.58. The van der Waals surface area contributed by atoms with Crippen molar-refractivity contribution < 1.29 is 9.69 Å². The molecule has 0 saturated carbocycles. The number of rotatable bonds is 4. The molecule has 2 heterocycles. The zero-order valence-corrected chi connectivity index (χ0v) is 16.0. The Kier molecular flexibility index (Phi) is 4.94. The number of carbonyl (C=O) groups is 1. The Morgan fingerprint density at radius 1 is 1.22 bits per heavy atom. The number of hydrogen-bond donors (Lipinski definition) is 3. The zero-order chi connectivity index (χ0) is 18.8. The molecule has 0 radical (unpaired) electrons.